The van der Waals surface area contributed by atoms with E-state index in [-0.39, 0.29) is 17.6 Å². The van der Waals surface area contributed by atoms with E-state index in [1.807, 2.05) is 42.5 Å². The standard InChI is InChI=1S/C22H24N4O3/c1-4-14-25(15-17-10-12-19(29-3)13-11-17)22(28)20-23-16(2)21(27)26(24-20)18-8-6-5-7-9-18/h4-13,16H,1,14-15H2,2-3H3,(H,23,24). The van der Waals surface area contributed by atoms with Crippen LogP contribution in [-0.2, 0) is 16.1 Å². The fourth-order valence-electron chi connectivity index (χ4n) is 2.97. The Labute approximate surface area is 170 Å². The third-order valence-electron chi connectivity index (χ3n) is 4.50. The average Bonchev–Trinajstić information content (AvgIpc) is 2.76. The minimum absolute atomic E-state index is 0.122. The smallest absolute Gasteiger partial charge is 0.291 e. The Balaban J connectivity index is 1.81. The number of hydrazine groups is 1. The van der Waals surface area contributed by atoms with Crippen LogP contribution in [-0.4, -0.2) is 42.2 Å². The topological polar surface area (TPSA) is 74.2 Å². The Morgan fingerprint density at radius 2 is 1.93 bits per heavy atom. The van der Waals surface area contributed by atoms with Crippen molar-refractivity contribution in [2.45, 2.75) is 19.5 Å². The van der Waals surface area contributed by atoms with Gasteiger partial charge in [0.1, 0.15) is 11.8 Å². The second-order valence-corrected chi connectivity index (χ2v) is 6.60. The van der Waals surface area contributed by atoms with Crippen LogP contribution in [0.5, 0.6) is 5.75 Å². The number of rotatable bonds is 7. The Morgan fingerprint density at radius 3 is 2.55 bits per heavy atom. The lowest BCUT2D eigenvalue weighted by atomic mass is 10.2. The van der Waals surface area contributed by atoms with Gasteiger partial charge in [-0.05, 0) is 36.8 Å². The number of ether oxygens (including phenoxy) is 1. The third-order valence-corrected chi connectivity index (χ3v) is 4.50. The first-order chi connectivity index (χ1) is 14.0. The highest BCUT2D eigenvalue weighted by Gasteiger charge is 2.32. The highest BCUT2D eigenvalue weighted by Crippen LogP contribution is 2.17. The second-order valence-electron chi connectivity index (χ2n) is 6.60. The average molecular weight is 392 g/mol. The van der Waals surface area contributed by atoms with E-state index in [2.05, 4.69) is 17.0 Å². The molecule has 0 saturated carbocycles. The molecule has 0 saturated heterocycles. The number of anilines is 1. The molecule has 0 aromatic heterocycles. The van der Waals surface area contributed by atoms with Crippen molar-refractivity contribution < 1.29 is 14.3 Å². The van der Waals surface area contributed by atoms with Crippen LogP contribution in [0.1, 0.15) is 12.5 Å². The number of nitrogens with one attached hydrogen (secondary N) is 1. The van der Waals surface area contributed by atoms with Crippen LogP contribution < -0.4 is 15.2 Å². The number of para-hydroxylation sites is 1. The zero-order valence-electron chi connectivity index (χ0n) is 16.5. The van der Waals surface area contributed by atoms with Gasteiger partial charge in [-0.25, -0.2) is 10.0 Å². The molecule has 2 amide bonds. The summed E-state index contributed by atoms with van der Waals surface area (Å²) >= 11 is 0. The molecule has 3 rings (SSSR count). The Morgan fingerprint density at radius 1 is 1.24 bits per heavy atom. The zero-order chi connectivity index (χ0) is 20.8. The molecule has 0 spiro atoms. The van der Waals surface area contributed by atoms with Crippen molar-refractivity contribution in [3.05, 3.63) is 72.8 Å². The largest absolute Gasteiger partial charge is 0.497 e. The van der Waals surface area contributed by atoms with E-state index in [0.29, 0.717) is 18.8 Å². The normalized spacial score (nSPS) is 15.9. The monoisotopic (exact) mass is 392 g/mol. The van der Waals surface area contributed by atoms with Gasteiger partial charge >= 0.3 is 0 Å². The van der Waals surface area contributed by atoms with Gasteiger partial charge in [0.05, 0.1) is 12.8 Å². The van der Waals surface area contributed by atoms with E-state index >= 15 is 0 Å². The van der Waals surface area contributed by atoms with Crippen LogP contribution >= 0.6 is 0 Å². The SMILES string of the molecule is C=CCN(Cc1ccc(OC)cc1)C(=O)C1=NC(C)C(=O)N(c2ccccc2)N1. The van der Waals surface area contributed by atoms with Gasteiger partial charge in [-0.15, -0.1) is 6.58 Å². The van der Waals surface area contributed by atoms with E-state index < -0.39 is 6.04 Å². The molecule has 0 aliphatic carbocycles. The number of hydrogen-bond acceptors (Lipinski definition) is 5. The summed E-state index contributed by atoms with van der Waals surface area (Å²) in [6.45, 7) is 6.15. The molecule has 1 aliphatic rings. The Kier molecular flexibility index (Phi) is 6.29. The lowest BCUT2D eigenvalue weighted by Gasteiger charge is -2.32. The highest BCUT2D eigenvalue weighted by molar-refractivity contribution is 6.39. The van der Waals surface area contributed by atoms with Gasteiger partial charge in [0, 0.05) is 13.1 Å². The van der Waals surface area contributed by atoms with Crippen molar-refractivity contribution in [3.63, 3.8) is 0 Å². The molecular formula is C22H24N4O3. The van der Waals surface area contributed by atoms with Gasteiger partial charge in [-0.2, -0.15) is 0 Å². The highest BCUT2D eigenvalue weighted by atomic mass is 16.5. The van der Waals surface area contributed by atoms with Crippen LogP contribution in [0.4, 0.5) is 5.69 Å². The lowest BCUT2D eigenvalue weighted by Crippen LogP contribution is -2.58. The summed E-state index contributed by atoms with van der Waals surface area (Å²) in [5.41, 5.74) is 4.47. The minimum Gasteiger partial charge on any atom is -0.497 e. The first-order valence-electron chi connectivity index (χ1n) is 9.30. The van der Waals surface area contributed by atoms with E-state index in [1.165, 1.54) is 5.01 Å². The molecule has 7 nitrogen and oxygen atoms in total. The number of carbonyl (C=O) groups excluding carboxylic acids is 2. The predicted octanol–water partition coefficient (Wildman–Crippen LogP) is 2.55. The Bertz CT molecular complexity index is 909. The molecule has 1 N–H and O–H groups in total. The number of amides is 2. The van der Waals surface area contributed by atoms with Crippen molar-refractivity contribution in [2.24, 2.45) is 4.99 Å². The van der Waals surface area contributed by atoms with E-state index in [0.717, 1.165) is 11.3 Å². The number of amidine groups is 1. The minimum atomic E-state index is -0.665. The van der Waals surface area contributed by atoms with Gasteiger partial charge in [0.25, 0.3) is 11.8 Å². The number of benzene rings is 2. The molecule has 7 heteroatoms. The zero-order valence-corrected chi connectivity index (χ0v) is 16.5. The molecule has 0 bridgehead atoms. The number of aliphatic imine (C=N–C) groups is 1. The molecule has 2 aromatic carbocycles. The van der Waals surface area contributed by atoms with Crippen LogP contribution in [0.25, 0.3) is 0 Å². The fraction of sp³-hybridized carbons (Fsp3) is 0.227. The molecule has 0 radical (unpaired) electrons. The van der Waals surface area contributed by atoms with Gasteiger partial charge in [0.15, 0.2) is 0 Å². The fourth-order valence-corrected chi connectivity index (χ4v) is 2.97. The van der Waals surface area contributed by atoms with Crippen molar-refractivity contribution in [3.8, 4) is 5.75 Å². The van der Waals surface area contributed by atoms with Crippen LogP contribution in [0.15, 0.2) is 72.2 Å². The summed E-state index contributed by atoms with van der Waals surface area (Å²) in [5, 5.41) is 1.37. The Hall–Kier alpha value is -3.61. The first-order valence-corrected chi connectivity index (χ1v) is 9.30. The van der Waals surface area contributed by atoms with E-state index in [1.54, 1.807) is 37.1 Å². The summed E-state index contributed by atoms with van der Waals surface area (Å²) in [4.78, 5) is 31.6. The van der Waals surface area contributed by atoms with E-state index in [4.69, 9.17) is 4.74 Å². The third kappa shape index (κ3) is 4.63. The van der Waals surface area contributed by atoms with Gasteiger partial charge < -0.3 is 9.64 Å². The van der Waals surface area contributed by atoms with Crippen molar-refractivity contribution in [2.75, 3.05) is 18.7 Å². The summed E-state index contributed by atoms with van der Waals surface area (Å²) in [6.07, 6.45) is 1.66. The molecule has 1 unspecified atom stereocenters. The molecule has 150 valence electrons. The molecule has 1 aliphatic heterocycles. The maximum atomic E-state index is 13.2. The molecular weight excluding hydrogens is 368 g/mol. The number of methoxy groups -OCH3 is 1. The lowest BCUT2D eigenvalue weighted by molar-refractivity contribution is -0.124. The molecule has 1 heterocycles. The summed E-state index contributed by atoms with van der Waals surface area (Å²) in [5.74, 6) is 0.343. The number of nitrogens with zero attached hydrogens (tertiary/aromatic N) is 3. The summed E-state index contributed by atoms with van der Waals surface area (Å²) in [6, 6.07) is 15.9. The molecule has 0 fully saturated rings. The first kappa shape index (κ1) is 20.1. The summed E-state index contributed by atoms with van der Waals surface area (Å²) < 4.78 is 5.18. The van der Waals surface area contributed by atoms with Crippen LogP contribution in [0.3, 0.4) is 0 Å². The summed E-state index contributed by atoms with van der Waals surface area (Å²) in [7, 11) is 1.61. The maximum Gasteiger partial charge on any atom is 0.291 e. The molecule has 29 heavy (non-hydrogen) atoms. The van der Waals surface area contributed by atoms with Gasteiger partial charge in [-0.3, -0.25) is 15.0 Å². The van der Waals surface area contributed by atoms with E-state index in [9.17, 15) is 9.59 Å². The van der Waals surface area contributed by atoms with Gasteiger partial charge in [0.2, 0.25) is 5.84 Å². The quantitative estimate of drug-likeness (QED) is 0.735. The molecule has 1 atom stereocenters. The van der Waals surface area contributed by atoms with Crippen LogP contribution in [0.2, 0.25) is 0 Å². The van der Waals surface area contributed by atoms with Crippen molar-refractivity contribution in [1.82, 2.24) is 10.3 Å². The molecule has 2 aromatic rings. The van der Waals surface area contributed by atoms with Gasteiger partial charge in [-0.1, -0.05) is 36.4 Å². The number of hydrogen-bond donors (Lipinski definition) is 1. The van der Waals surface area contributed by atoms with Crippen LogP contribution in [0, 0.1) is 0 Å². The predicted molar refractivity (Wildman–Crippen MR) is 113 cm³/mol. The maximum absolute atomic E-state index is 13.2. The van der Waals surface area contributed by atoms with Crippen molar-refractivity contribution >= 4 is 23.3 Å². The number of carbonyl (C=O) groups is 2. The second kappa shape index (κ2) is 9.05. The van der Waals surface area contributed by atoms with Crippen molar-refractivity contribution in [1.29, 1.82) is 0 Å².